The van der Waals surface area contributed by atoms with Crippen LogP contribution in [0, 0.1) is 0 Å². The highest BCUT2D eigenvalue weighted by Gasteiger charge is 2.27. The first kappa shape index (κ1) is 22.7. The molecule has 0 unspecified atom stereocenters. The van der Waals surface area contributed by atoms with Crippen molar-refractivity contribution in [3.63, 3.8) is 0 Å². The number of carbonyl (C=O) groups is 1. The SMILES string of the molecule is C=C(Nc1c(N[C@H](CC)c2ccccc2)c(=O)c1=O)/C(O)=C(/C(=O)N(C)C)N(C)N. The van der Waals surface area contributed by atoms with Gasteiger partial charge in [0.25, 0.3) is 16.8 Å². The number of hydrogen-bond acceptors (Lipinski definition) is 8. The first-order valence-electron chi connectivity index (χ1n) is 9.34. The predicted octanol–water partition coefficient (Wildman–Crippen LogP) is 1.43. The maximum Gasteiger partial charge on any atom is 0.274 e. The average molecular weight is 413 g/mol. The van der Waals surface area contributed by atoms with E-state index in [1.165, 1.54) is 26.0 Å². The van der Waals surface area contributed by atoms with Crippen LogP contribution in [-0.2, 0) is 4.79 Å². The fourth-order valence-electron chi connectivity index (χ4n) is 2.91. The van der Waals surface area contributed by atoms with Crippen LogP contribution in [0.25, 0.3) is 0 Å². The van der Waals surface area contributed by atoms with Crippen LogP contribution in [0.5, 0.6) is 0 Å². The Hall–Kier alpha value is -3.59. The van der Waals surface area contributed by atoms with Gasteiger partial charge in [0.05, 0.1) is 11.7 Å². The van der Waals surface area contributed by atoms with Crippen molar-refractivity contribution in [2.75, 3.05) is 31.8 Å². The molecule has 1 atom stereocenters. The fourth-order valence-corrected chi connectivity index (χ4v) is 2.91. The summed E-state index contributed by atoms with van der Waals surface area (Å²) < 4.78 is 0. The van der Waals surface area contributed by atoms with E-state index in [9.17, 15) is 19.5 Å². The lowest BCUT2D eigenvalue weighted by molar-refractivity contribution is -0.126. The summed E-state index contributed by atoms with van der Waals surface area (Å²) in [4.78, 5) is 37.8. The molecule has 0 radical (unpaired) electrons. The molecule has 9 heteroatoms. The minimum absolute atomic E-state index is 0.0257. The van der Waals surface area contributed by atoms with Gasteiger partial charge in [-0.2, -0.15) is 0 Å². The summed E-state index contributed by atoms with van der Waals surface area (Å²) in [5, 5.41) is 17.2. The van der Waals surface area contributed by atoms with Crippen LogP contribution in [0.2, 0.25) is 0 Å². The highest BCUT2D eigenvalue weighted by molar-refractivity contribution is 5.93. The normalized spacial score (nSPS) is 12.7. The van der Waals surface area contributed by atoms with Gasteiger partial charge >= 0.3 is 0 Å². The third kappa shape index (κ3) is 4.52. The van der Waals surface area contributed by atoms with Gasteiger partial charge in [-0.25, -0.2) is 5.84 Å². The number of rotatable bonds is 9. The van der Waals surface area contributed by atoms with E-state index in [4.69, 9.17) is 5.84 Å². The Bertz CT molecular complexity index is 1030. The monoisotopic (exact) mass is 413 g/mol. The van der Waals surface area contributed by atoms with Gasteiger partial charge in [0.15, 0.2) is 11.5 Å². The molecular weight excluding hydrogens is 386 g/mol. The van der Waals surface area contributed by atoms with E-state index in [0.717, 1.165) is 10.6 Å². The Balaban J connectivity index is 2.32. The van der Waals surface area contributed by atoms with Crippen molar-refractivity contribution in [3.05, 3.63) is 80.1 Å². The highest BCUT2D eigenvalue weighted by Crippen LogP contribution is 2.26. The number of aliphatic hydroxyl groups is 1. The van der Waals surface area contributed by atoms with Crippen LogP contribution < -0.4 is 27.3 Å². The van der Waals surface area contributed by atoms with Crippen LogP contribution in [0.3, 0.4) is 0 Å². The van der Waals surface area contributed by atoms with Crippen LogP contribution in [0.15, 0.2) is 63.7 Å². The first-order chi connectivity index (χ1) is 14.1. The minimum atomic E-state index is -0.740. The largest absolute Gasteiger partial charge is 0.504 e. The number of hydrazine groups is 1. The molecule has 0 spiro atoms. The van der Waals surface area contributed by atoms with E-state index in [0.29, 0.717) is 6.42 Å². The van der Waals surface area contributed by atoms with Gasteiger partial charge in [-0.1, -0.05) is 43.8 Å². The Morgan fingerprint density at radius 1 is 1.13 bits per heavy atom. The third-order valence-electron chi connectivity index (χ3n) is 4.59. The van der Waals surface area contributed by atoms with Gasteiger partial charge in [0, 0.05) is 21.1 Å². The number of carbonyl (C=O) groups excluding carboxylic acids is 1. The summed E-state index contributed by atoms with van der Waals surface area (Å²) in [5.74, 6) is 4.58. The quantitative estimate of drug-likeness (QED) is 0.121. The molecule has 0 aromatic heterocycles. The lowest BCUT2D eigenvalue weighted by Gasteiger charge is -2.24. The molecule has 5 N–H and O–H groups in total. The van der Waals surface area contributed by atoms with Crippen molar-refractivity contribution in [2.24, 2.45) is 5.84 Å². The Kier molecular flexibility index (Phi) is 7.01. The summed E-state index contributed by atoms with van der Waals surface area (Å²) in [6.07, 6.45) is 0.674. The van der Waals surface area contributed by atoms with Gasteiger partial charge in [0.1, 0.15) is 11.4 Å². The molecule has 1 amide bonds. The van der Waals surface area contributed by atoms with Crippen LogP contribution >= 0.6 is 0 Å². The molecule has 0 fully saturated rings. The van der Waals surface area contributed by atoms with Crippen LogP contribution in [-0.4, -0.2) is 42.1 Å². The van der Waals surface area contributed by atoms with Crippen molar-refractivity contribution in [2.45, 2.75) is 19.4 Å². The summed E-state index contributed by atoms with van der Waals surface area (Å²) in [6, 6.07) is 9.32. The summed E-state index contributed by atoms with van der Waals surface area (Å²) >= 11 is 0. The van der Waals surface area contributed by atoms with Crippen molar-refractivity contribution < 1.29 is 9.90 Å². The summed E-state index contributed by atoms with van der Waals surface area (Å²) in [7, 11) is 4.39. The van der Waals surface area contributed by atoms with E-state index in [2.05, 4.69) is 17.2 Å². The molecule has 0 saturated heterocycles. The molecule has 0 bridgehead atoms. The number of nitrogens with two attached hydrogens (primary N) is 1. The van der Waals surface area contributed by atoms with E-state index >= 15 is 0 Å². The molecule has 0 saturated carbocycles. The number of aliphatic hydroxyl groups excluding tert-OH is 1. The number of amides is 1. The zero-order valence-electron chi connectivity index (χ0n) is 17.5. The lowest BCUT2D eigenvalue weighted by Crippen LogP contribution is -2.39. The van der Waals surface area contributed by atoms with E-state index in [-0.39, 0.29) is 28.8 Å². The van der Waals surface area contributed by atoms with Crippen molar-refractivity contribution >= 4 is 17.3 Å². The second-order valence-corrected chi connectivity index (χ2v) is 7.04. The maximum absolute atomic E-state index is 12.3. The molecule has 0 aliphatic rings. The van der Waals surface area contributed by atoms with E-state index in [1.54, 1.807) is 0 Å². The molecule has 9 nitrogen and oxygen atoms in total. The van der Waals surface area contributed by atoms with E-state index < -0.39 is 22.5 Å². The number of anilines is 2. The van der Waals surface area contributed by atoms with Gasteiger partial charge in [0.2, 0.25) is 0 Å². The molecule has 0 aliphatic carbocycles. The zero-order valence-corrected chi connectivity index (χ0v) is 17.5. The average Bonchev–Trinajstić information content (AvgIpc) is 2.72. The minimum Gasteiger partial charge on any atom is -0.504 e. The number of nitrogens with zero attached hydrogens (tertiary/aromatic N) is 2. The summed E-state index contributed by atoms with van der Waals surface area (Å²) in [5.41, 5.74) is -0.723. The standard InChI is InChI=1S/C21H27N5O4/c1-6-14(13-10-8-7-9-11-13)24-16-15(19(28)20(16)29)23-12(2)18(27)17(26(5)22)21(30)25(3)4/h7-11,14,23-24,27H,2,6,22H2,1,3-5H3/b18-17+/t14-/m1/s1. The highest BCUT2D eigenvalue weighted by atomic mass is 16.3. The third-order valence-corrected chi connectivity index (χ3v) is 4.59. The first-order valence-corrected chi connectivity index (χ1v) is 9.34. The fraction of sp³-hybridized carbons (Fsp3) is 0.286. The van der Waals surface area contributed by atoms with Gasteiger partial charge < -0.3 is 25.6 Å². The molecule has 2 aromatic rings. The molecule has 160 valence electrons. The molecule has 30 heavy (non-hydrogen) atoms. The van der Waals surface area contributed by atoms with Crippen molar-refractivity contribution in [3.8, 4) is 0 Å². The van der Waals surface area contributed by atoms with E-state index in [1.807, 2.05) is 37.3 Å². The van der Waals surface area contributed by atoms with Gasteiger partial charge in [-0.05, 0) is 12.0 Å². The number of likely N-dealkylation sites (N-methyl/N-ethyl adjacent to an activating group) is 2. The Labute approximate surface area is 174 Å². The van der Waals surface area contributed by atoms with Crippen molar-refractivity contribution in [1.82, 2.24) is 9.91 Å². The van der Waals surface area contributed by atoms with Crippen LogP contribution in [0.1, 0.15) is 24.9 Å². The molecule has 2 rings (SSSR count). The lowest BCUT2D eigenvalue weighted by atomic mass is 10.0. The smallest absolute Gasteiger partial charge is 0.274 e. The van der Waals surface area contributed by atoms with Crippen LogP contribution in [0.4, 0.5) is 11.4 Å². The van der Waals surface area contributed by atoms with Gasteiger partial charge in [-0.3, -0.25) is 14.4 Å². The molecule has 2 aromatic carbocycles. The summed E-state index contributed by atoms with van der Waals surface area (Å²) in [6.45, 7) is 5.63. The number of nitrogens with one attached hydrogen (secondary N) is 2. The Morgan fingerprint density at radius 2 is 1.70 bits per heavy atom. The zero-order chi connectivity index (χ0) is 22.6. The topological polar surface area (TPSA) is 128 Å². The predicted molar refractivity (Wildman–Crippen MR) is 118 cm³/mol. The number of hydrogen-bond donors (Lipinski definition) is 4. The second kappa shape index (κ2) is 9.27. The van der Waals surface area contributed by atoms with Gasteiger partial charge in [-0.15, -0.1) is 0 Å². The molecular formula is C21H27N5O4. The second-order valence-electron chi connectivity index (χ2n) is 7.04. The molecule has 0 heterocycles. The molecule has 0 aliphatic heterocycles. The Morgan fingerprint density at radius 3 is 2.20 bits per heavy atom. The number of benzene rings is 1. The maximum atomic E-state index is 12.3. The van der Waals surface area contributed by atoms with Crippen molar-refractivity contribution in [1.29, 1.82) is 0 Å².